The van der Waals surface area contributed by atoms with Gasteiger partial charge >= 0.3 is 0 Å². The molecule has 0 N–H and O–H groups in total. The van der Waals surface area contributed by atoms with E-state index < -0.39 is 0 Å². The molecule has 0 amide bonds. The van der Waals surface area contributed by atoms with Gasteiger partial charge in [0.15, 0.2) is 5.58 Å². The van der Waals surface area contributed by atoms with Gasteiger partial charge in [0, 0.05) is 22.2 Å². The number of benzene rings is 2. The Morgan fingerprint density at radius 2 is 1.79 bits per heavy atom. The van der Waals surface area contributed by atoms with Gasteiger partial charge < -0.3 is 4.42 Å². The van der Waals surface area contributed by atoms with Gasteiger partial charge in [-0.25, -0.2) is 9.37 Å². The maximum atomic E-state index is 13.3. The zero-order valence-corrected chi connectivity index (χ0v) is 10.4. The average Bonchev–Trinajstić information content (AvgIpc) is 2.77. The summed E-state index contributed by atoms with van der Waals surface area (Å²) < 4.78 is 19.0. The first-order chi connectivity index (χ1) is 9.24. The van der Waals surface area contributed by atoms with Crippen molar-refractivity contribution in [1.82, 2.24) is 4.98 Å². The van der Waals surface area contributed by atoms with E-state index in [4.69, 9.17) is 16.0 Å². The van der Waals surface area contributed by atoms with Crippen molar-refractivity contribution in [3.05, 3.63) is 53.4 Å². The normalized spacial score (nSPS) is 11.7. The summed E-state index contributed by atoms with van der Waals surface area (Å²) >= 11 is 6.20. The van der Waals surface area contributed by atoms with Crippen LogP contribution in [0.3, 0.4) is 0 Å². The molecule has 0 aliphatic rings. The molecule has 0 radical (unpaired) electrons. The second kappa shape index (κ2) is 3.68. The first-order valence-electron chi connectivity index (χ1n) is 5.80. The number of rotatable bonds is 0. The molecule has 4 rings (SSSR count). The van der Waals surface area contributed by atoms with E-state index in [-0.39, 0.29) is 5.82 Å². The van der Waals surface area contributed by atoms with Gasteiger partial charge in [-0.3, -0.25) is 0 Å². The van der Waals surface area contributed by atoms with E-state index in [0.29, 0.717) is 21.8 Å². The lowest BCUT2D eigenvalue weighted by Crippen LogP contribution is -1.81. The Morgan fingerprint density at radius 3 is 2.63 bits per heavy atom. The smallest absolute Gasteiger partial charge is 0.161 e. The number of halogens is 2. The van der Waals surface area contributed by atoms with Gasteiger partial charge in [-0.1, -0.05) is 35.9 Å². The summed E-state index contributed by atoms with van der Waals surface area (Å²) in [5.74, 6) is -0.332. The molecule has 0 aliphatic carbocycles. The maximum absolute atomic E-state index is 13.3. The SMILES string of the molecule is Fc1ccc2c(c1)oc1c3ccccc3c(Cl)nc21. The first kappa shape index (κ1) is 10.8. The molecule has 2 nitrogen and oxygen atoms in total. The Kier molecular flexibility index (Phi) is 2.09. The highest BCUT2D eigenvalue weighted by Gasteiger charge is 2.14. The van der Waals surface area contributed by atoms with Gasteiger partial charge in [0.1, 0.15) is 22.1 Å². The number of nitrogens with zero attached hydrogens (tertiary/aromatic N) is 1. The molecule has 0 aliphatic heterocycles. The molecule has 2 aromatic heterocycles. The van der Waals surface area contributed by atoms with Crippen molar-refractivity contribution in [1.29, 1.82) is 0 Å². The van der Waals surface area contributed by atoms with E-state index in [1.54, 1.807) is 6.07 Å². The second-order valence-corrected chi connectivity index (χ2v) is 4.73. The molecule has 0 unspecified atom stereocenters. The quantitative estimate of drug-likeness (QED) is 0.424. The predicted molar refractivity (Wildman–Crippen MR) is 74.0 cm³/mol. The largest absolute Gasteiger partial charge is 0.454 e. The molecule has 0 spiro atoms. The van der Waals surface area contributed by atoms with Crippen LogP contribution in [-0.4, -0.2) is 4.98 Å². The third-order valence-electron chi connectivity index (χ3n) is 3.23. The van der Waals surface area contributed by atoms with Crippen LogP contribution in [0.15, 0.2) is 46.9 Å². The van der Waals surface area contributed by atoms with E-state index in [9.17, 15) is 4.39 Å². The van der Waals surface area contributed by atoms with E-state index >= 15 is 0 Å². The molecular formula is C15H7ClFNO. The third kappa shape index (κ3) is 1.45. The summed E-state index contributed by atoms with van der Waals surface area (Å²) in [5.41, 5.74) is 1.79. The number of fused-ring (bicyclic) bond motifs is 5. The minimum Gasteiger partial charge on any atom is -0.454 e. The molecule has 0 saturated carbocycles. The zero-order chi connectivity index (χ0) is 13.0. The molecule has 0 fully saturated rings. The highest BCUT2D eigenvalue weighted by atomic mass is 35.5. The molecular weight excluding hydrogens is 265 g/mol. The summed E-state index contributed by atoms with van der Waals surface area (Å²) in [5, 5.41) is 2.91. The number of furan rings is 1. The molecule has 0 bridgehead atoms. The fraction of sp³-hybridized carbons (Fsp3) is 0. The van der Waals surface area contributed by atoms with Crippen molar-refractivity contribution in [3.8, 4) is 0 Å². The molecule has 4 heteroatoms. The summed E-state index contributed by atoms with van der Waals surface area (Å²) in [4.78, 5) is 4.37. The van der Waals surface area contributed by atoms with E-state index in [1.807, 2.05) is 24.3 Å². The van der Waals surface area contributed by atoms with Crippen LogP contribution in [0.4, 0.5) is 4.39 Å². The van der Waals surface area contributed by atoms with Crippen LogP contribution in [0.1, 0.15) is 0 Å². The topological polar surface area (TPSA) is 26.0 Å². The van der Waals surface area contributed by atoms with Crippen molar-refractivity contribution in [2.45, 2.75) is 0 Å². The molecule has 92 valence electrons. The highest BCUT2D eigenvalue weighted by molar-refractivity contribution is 6.36. The predicted octanol–water partition coefficient (Wildman–Crippen LogP) is 4.93. The minimum atomic E-state index is -0.332. The first-order valence-corrected chi connectivity index (χ1v) is 6.18. The van der Waals surface area contributed by atoms with Crippen LogP contribution in [0.2, 0.25) is 5.15 Å². The van der Waals surface area contributed by atoms with Gasteiger partial charge in [0.05, 0.1) is 0 Å². The lowest BCUT2D eigenvalue weighted by molar-refractivity contribution is 0.619. The summed E-state index contributed by atoms with van der Waals surface area (Å²) in [7, 11) is 0. The summed E-state index contributed by atoms with van der Waals surface area (Å²) in [6.45, 7) is 0. The zero-order valence-electron chi connectivity index (χ0n) is 9.65. The Balaban J connectivity index is 2.31. The van der Waals surface area contributed by atoms with Gasteiger partial charge in [-0.15, -0.1) is 0 Å². The Bertz CT molecular complexity index is 945. The number of aromatic nitrogens is 1. The van der Waals surface area contributed by atoms with Crippen molar-refractivity contribution in [3.63, 3.8) is 0 Å². The Labute approximate surface area is 112 Å². The standard InChI is InChI=1S/C15H7ClFNO/c16-15-10-4-2-1-3-9(10)14-13(18-15)11-6-5-8(17)7-12(11)19-14/h1-7H. The van der Waals surface area contributed by atoms with Crippen molar-refractivity contribution in [2.75, 3.05) is 0 Å². The number of hydrogen-bond acceptors (Lipinski definition) is 2. The monoisotopic (exact) mass is 271 g/mol. The molecule has 0 saturated heterocycles. The van der Waals surface area contributed by atoms with Crippen LogP contribution in [0, 0.1) is 5.82 Å². The highest BCUT2D eigenvalue weighted by Crippen LogP contribution is 2.35. The van der Waals surface area contributed by atoms with Crippen molar-refractivity contribution in [2.24, 2.45) is 0 Å². The van der Waals surface area contributed by atoms with E-state index in [1.165, 1.54) is 12.1 Å². The van der Waals surface area contributed by atoms with E-state index in [0.717, 1.165) is 16.2 Å². The molecule has 4 aromatic rings. The molecule has 2 aromatic carbocycles. The fourth-order valence-corrected chi connectivity index (χ4v) is 2.62. The van der Waals surface area contributed by atoms with Crippen molar-refractivity contribution >= 4 is 44.4 Å². The Hall–Kier alpha value is -2.13. The number of pyridine rings is 1. The lowest BCUT2D eigenvalue weighted by Gasteiger charge is -1.99. The van der Waals surface area contributed by atoms with Crippen LogP contribution in [0.25, 0.3) is 32.8 Å². The minimum absolute atomic E-state index is 0.332. The van der Waals surface area contributed by atoms with Gasteiger partial charge in [-0.2, -0.15) is 0 Å². The lowest BCUT2D eigenvalue weighted by atomic mass is 10.1. The second-order valence-electron chi connectivity index (χ2n) is 4.37. The van der Waals surface area contributed by atoms with Gasteiger partial charge in [0.2, 0.25) is 0 Å². The fourth-order valence-electron chi connectivity index (χ4n) is 2.37. The molecule has 2 heterocycles. The van der Waals surface area contributed by atoms with Gasteiger partial charge in [-0.05, 0) is 12.1 Å². The molecule has 0 atom stereocenters. The van der Waals surface area contributed by atoms with Crippen molar-refractivity contribution < 1.29 is 8.81 Å². The summed E-state index contributed by atoms with van der Waals surface area (Å²) in [6, 6.07) is 12.0. The maximum Gasteiger partial charge on any atom is 0.161 e. The molecule has 19 heavy (non-hydrogen) atoms. The average molecular weight is 272 g/mol. The van der Waals surface area contributed by atoms with Crippen LogP contribution < -0.4 is 0 Å². The Morgan fingerprint density at radius 1 is 1.00 bits per heavy atom. The number of hydrogen-bond donors (Lipinski definition) is 0. The van der Waals surface area contributed by atoms with Gasteiger partial charge in [0.25, 0.3) is 0 Å². The van der Waals surface area contributed by atoms with Crippen LogP contribution >= 0.6 is 11.6 Å². The van der Waals surface area contributed by atoms with Crippen LogP contribution in [-0.2, 0) is 0 Å². The van der Waals surface area contributed by atoms with E-state index in [2.05, 4.69) is 4.98 Å². The summed E-state index contributed by atoms with van der Waals surface area (Å²) in [6.07, 6.45) is 0. The van der Waals surface area contributed by atoms with Crippen LogP contribution in [0.5, 0.6) is 0 Å². The third-order valence-corrected chi connectivity index (χ3v) is 3.52.